The first-order valence-electron chi connectivity index (χ1n) is 10.4. The number of rotatable bonds is 5. The maximum absolute atomic E-state index is 13.3. The number of benzene rings is 1. The number of nitrogens with one attached hydrogen (secondary N) is 2. The van der Waals surface area contributed by atoms with Gasteiger partial charge in [0.15, 0.2) is 0 Å². The summed E-state index contributed by atoms with van der Waals surface area (Å²) in [5.41, 5.74) is -0.0166. The first kappa shape index (κ1) is 20.3. The summed E-state index contributed by atoms with van der Waals surface area (Å²) in [6.07, 6.45) is 5.52. The smallest absolute Gasteiger partial charge is 0.240 e. The van der Waals surface area contributed by atoms with Crippen LogP contribution in [0.4, 0.5) is 17.5 Å². The Morgan fingerprint density at radius 2 is 1.90 bits per heavy atom. The van der Waals surface area contributed by atoms with E-state index in [0.717, 1.165) is 31.2 Å². The molecule has 2 saturated carbocycles. The fraction of sp³-hybridized carbons (Fsp3) is 0.476. The summed E-state index contributed by atoms with van der Waals surface area (Å²) < 4.78 is 26.1. The highest BCUT2D eigenvalue weighted by atomic mass is 32.2. The van der Waals surface area contributed by atoms with Crippen LogP contribution in [-0.2, 0) is 20.2 Å². The van der Waals surface area contributed by atoms with Crippen molar-refractivity contribution in [2.24, 2.45) is 0 Å². The molecule has 1 amide bonds. The molecule has 1 aromatic carbocycles. The van der Waals surface area contributed by atoms with Crippen molar-refractivity contribution in [3.8, 4) is 0 Å². The minimum atomic E-state index is -3.51. The Hall–Kier alpha value is -2.56. The summed E-state index contributed by atoms with van der Waals surface area (Å²) in [5.74, 6) is 0.903. The van der Waals surface area contributed by atoms with Crippen molar-refractivity contribution >= 4 is 33.4 Å². The fourth-order valence-electron chi connectivity index (χ4n) is 4.80. The molecule has 0 saturated heterocycles. The molecular weight excluding hydrogens is 418 g/mol. The SMILES string of the molecule is CNS(=O)(=O)c1ccc(Nc2ncc3c(n2)N(C2CCCC2(C)O)C(=O)C32CC2)cc1. The highest BCUT2D eigenvalue weighted by Crippen LogP contribution is 2.58. The van der Waals surface area contributed by atoms with E-state index in [-0.39, 0.29) is 16.8 Å². The van der Waals surface area contributed by atoms with E-state index in [1.165, 1.54) is 19.2 Å². The number of aliphatic hydroxyl groups is 1. The van der Waals surface area contributed by atoms with Crippen molar-refractivity contribution in [3.05, 3.63) is 36.0 Å². The normalized spacial score (nSPS) is 26.4. The molecule has 164 valence electrons. The van der Waals surface area contributed by atoms with Crippen LogP contribution in [0.15, 0.2) is 35.4 Å². The number of nitrogens with zero attached hydrogens (tertiary/aromatic N) is 3. The Kier molecular flexibility index (Phi) is 4.41. The minimum absolute atomic E-state index is 0.0164. The fourth-order valence-corrected chi connectivity index (χ4v) is 5.53. The van der Waals surface area contributed by atoms with Gasteiger partial charge in [0, 0.05) is 17.4 Å². The minimum Gasteiger partial charge on any atom is -0.388 e. The van der Waals surface area contributed by atoms with Gasteiger partial charge < -0.3 is 10.4 Å². The number of carbonyl (C=O) groups is 1. The number of hydrogen-bond acceptors (Lipinski definition) is 7. The monoisotopic (exact) mass is 443 g/mol. The van der Waals surface area contributed by atoms with Crippen molar-refractivity contribution in [1.29, 1.82) is 0 Å². The topological polar surface area (TPSA) is 125 Å². The quantitative estimate of drug-likeness (QED) is 0.644. The molecule has 2 fully saturated rings. The number of anilines is 3. The second-order valence-electron chi connectivity index (χ2n) is 8.81. The number of amides is 1. The van der Waals surface area contributed by atoms with Crippen LogP contribution in [0.2, 0.25) is 0 Å². The van der Waals surface area contributed by atoms with Gasteiger partial charge in [-0.1, -0.05) is 0 Å². The molecule has 5 rings (SSSR count). The maximum atomic E-state index is 13.3. The van der Waals surface area contributed by atoms with Crippen LogP contribution in [0.5, 0.6) is 0 Å². The standard InChI is InChI=1S/C21H25N5O4S/c1-20(28)9-3-4-16(20)26-17-15(21(10-11-21)18(26)27)12-23-19(25-17)24-13-5-7-14(8-6-13)31(29,30)22-2/h5-8,12,16,22,28H,3-4,9-11H2,1-2H3,(H,23,24,25). The number of aromatic nitrogens is 2. The average molecular weight is 444 g/mol. The van der Waals surface area contributed by atoms with Gasteiger partial charge in [-0.25, -0.2) is 18.1 Å². The Labute approximate surface area is 181 Å². The first-order valence-corrected chi connectivity index (χ1v) is 11.9. The van der Waals surface area contributed by atoms with Crippen LogP contribution in [0.3, 0.4) is 0 Å². The van der Waals surface area contributed by atoms with Crippen molar-refractivity contribution in [2.45, 2.75) is 61.0 Å². The predicted octanol–water partition coefficient (Wildman–Crippen LogP) is 1.81. The van der Waals surface area contributed by atoms with E-state index in [9.17, 15) is 18.3 Å². The van der Waals surface area contributed by atoms with Gasteiger partial charge in [-0.15, -0.1) is 0 Å². The summed E-state index contributed by atoms with van der Waals surface area (Å²) in [6, 6.07) is 5.95. The molecule has 3 aliphatic rings. The van der Waals surface area contributed by atoms with E-state index in [1.807, 2.05) is 0 Å². The molecular formula is C21H25N5O4S. The molecule has 31 heavy (non-hydrogen) atoms. The Balaban J connectivity index is 1.47. The summed E-state index contributed by atoms with van der Waals surface area (Å²) >= 11 is 0. The molecule has 2 aromatic rings. The van der Waals surface area contributed by atoms with Gasteiger partial charge in [0.05, 0.1) is 22.0 Å². The molecule has 0 bridgehead atoms. The second-order valence-corrected chi connectivity index (χ2v) is 10.7. The van der Waals surface area contributed by atoms with Crippen molar-refractivity contribution < 1.29 is 18.3 Å². The highest BCUT2D eigenvalue weighted by Gasteiger charge is 2.63. The number of sulfonamides is 1. The predicted molar refractivity (Wildman–Crippen MR) is 115 cm³/mol. The number of fused-ring (bicyclic) bond motifs is 2. The molecule has 1 aliphatic heterocycles. The molecule has 1 spiro atoms. The van der Waals surface area contributed by atoms with Gasteiger partial charge in [-0.2, -0.15) is 4.98 Å². The molecule has 3 N–H and O–H groups in total. The van der Waals surface area contributed by atoms with E-state index in [2.05, 4.69) is 20.0 Å². The van der Waals surface area contributed by atoms with Crippen LogP contribution in [0.1, 0.15) is 44.6 Å². The molecule has 2 unspecified atom stereocenters. The molecule has 1 aromatic heterocycles. The Morgan fingerprint density at radius 3 is 2.48 bits per heavy atom. The summed E-state index contributed by atoms with van der Waals surface area (Å²) in [7, 11) is -2.15. The van der Waals surface area contributed by atoms with Crippen LogP contribution in [0.25, 0.3) is 0 Å². The van der Waals surface area contributed by atoms with Gasteiger partial charge in [-0.05, 0) is 70.3 Å². The summed E-state index contributed by atoms with van der Waals surface area (Å²) in [6.45, 7) is 1.79. The summed E-state index contributed by atoms with van der Waals surface area (Å²) in [4.78, 5) is 24.2. The Bertz CT molecular complexity index is 1160. The van der Waals surface area contributed by atoms with Crippen molar-refractivity contribution in [1.82, 2.24) is 14.7 Å². The maximum Gasteiger partial charge on any atom is 0.240 e. The zero-order valence-corrected chi connectivity index (χ0v) is 18.2. The number of carbonyl (C=O) groups excluding carboxylic acids is 1. The van der Waals surface area contributed by atoms with E-state index < -0.39 is 21.0 Å². The lowest BCUT2D eigenvalue weighted by molar-refractivity contribution is -0.121. The lowest BCUT2D eigenvalue weighted by atomic mass is 9.98. The first-order chi connectivity index (χ1) is 14.7. The third-order valence-corrected chi connectivity index (χ3v) is 8.20. The van der Waals surface area contributed by atoms with E-state index >= 15 is 0 Å². The van der Waals surface area contributed by atoms with Crippen LogP contribution in [-0.4, -0.2) is 48.1 Å². The van der Waals surface area contributed by atoms with Crippen molar-refractivity contribution in [3.63, 3.8) is 0 Å². The van der Waals surface area contributed by atoms with Gasteiger partial charge in [0.25, 0.3) is 0 Å². The zero-order valence-electron chi connectivity index (χ0n) is 17.4. The number of hydrogen-bond donors (Lipinski definition) is 3. The van der Waals surface area contributed by atoms with E-state index in [1.54, 1.807) is 30.2 Å². The third-order valence-electron chi connectivity index (χ3n) is 6.77. The van der Waals surface area contributed by atoms with Gasteiger partial charge in [0.1, 0.15) is 5.82 Å². The van der Waals surface area contributed by atoms with Crippen LogP contribution in [0, 0.1) is 0 Å². The van der Waals surface area contributed by atoms with Gasteiger partial charge in [0.2, 0.25) is 21.9 Å². The lowest BCUT2D eigenvalue weighted by Crippen LogP contribution is -2.50. The van der Waals surface area contributed by atoms with Crippen molar-refractivity contribution in [2.75, 3.05) is 17.3 Å². The van der Waals surface area contributed by atoms with Gasteiger partial charge in [-0.3, -0.25) is 9.69 Å². The summed E-state index contributed by atoms with van der Waals surface area (Å²) in [5, 5.41) is 13.9. The molecule has 0 radical (unpaired) electrons. The van der Waals surface area contributed by atoms with Gasteiger partial charge >= 0.3 is 0 Å². The van der Waals surface area contributed by atoms with E-state index in [0.29, 0.717) is 23.9 Å². The Morgan fingerprint density at radius 1 is 1.19 bits per heavy atom. The second kappa shape index (κ2) is 6.72. The average Bonchev–Trinajstić information content (AvgIpc) is 3.42. The molecule has 2 aliphatic carbocycles. The molecule has 10 heteroatoms. The molecule has 2 heterocycles. The largest absolute Gasteiger partial charge is 0.388 e. The third kappa shape index (κ3) is 3.12. The molecule has 9 nitrogen and oxygen atoms in total. The molecule has 2 atom stereocenters. The van der Waals surface area contributed by atoms with Crippen LogP contribution < -0.4 is 14.9 Å². The van der Waals surface area contributed by atoms with E-state index in [4.69, 9.17) is 0 Å². The van der Waals surface area contributed by atoms with Crippen LogP contribution >= 0.6 is 0 Å². The lowest BCUT2D eigenvalue weighted by Gasteiger charge is -2.33. The zero-order chi connectivity index (χ0) is 22.0. The highest BCUT2D eigenvalue weighted by molar-refractivity contribution is 7.89.